The van der Waals surface area contributed by atoms with Crippen LogP contribution in [0.2, 0.25) is 0 Å². The summed E-state index contributed by atoms with van der Waals surface area (Å²) >= 11 is 0. The Morgan fingerprint density at radius 3 is 3.10 bits per heavy atom. The zero-order valence-corrected chi connectivity index (χ0v) is 11.7. The van der Waals surface area contributed by atoms with Crippen LogP contribution in [0.4, 0.5) is 0 Å². The van der Waals surface area contributed by atoms with Crippen LogP contribution in [-0.2, 0) is 4.79 Å². The number of aliphatic hydroxyl groups excluding tert-OH is 1. The highest BCUT2D eigenvalue weighted by molar-refractivity contribution is 5.82. The van der Waals surface area contributed by atoms with Gasteiger partial charge in [0.25, 0.3) is 0 Å². The Morgan fingerprint density at radius 2 is 2.33 bits per heavy atom. The van der Waals surface area contributed by atoms with Gasteiger partial charge in [-0.25, -0.2) is 0 Å². The maximum absolute atomic E-state index is 11.5. The number of hydrogen-bond donors (Lipinski definition) is 3. The van der Waals surface area contributed by atoms with Gasteiger partial charge in [0.15, 0.2) is 0 Å². The van der Waals surface area contributed by atoms with Crippen molar-refractivity contribution in [1.29, 1.82) is 5.26 Å². The molecule has 6 heteroatoms. The number of nitriles is 1. The second kappa shape index (κ2) is 7.62. The molecule has 1 amide bonds. The van der Waals surface area contributed by atoms with Crippen molar-refractivity contribution in [2.45, 2.75) is 25.0 Å². The van der Waals surface area contributed by atoms with Gasteiger partial charge in [0.2, 0.25) is 5.91 Å². The van der Waals surface area contributed by atoms with E-state index in [1.165, 1.54) is 0 Å². The van der Waals surface area contributed by atoms with Crippen molar-refractivity contribution in [2.75, 3.05) is 19.7 Å². The summed E-state index contributed by atoms with van der Waals surface area (Å²) in [7, 11) is 0. The summed E-state index contributed by atoms with van der Waals surface area (Å²) in [4.78, 5) is 11.5. The summed E-state index contributed by atoms with van der Waals surface area (Å²) in [5.74, 6) is 0.429. The SMILES string of the molecule is N#Cc1ccccc1OCC(O)CNC1CCCNC1=O. The Bertz CT molecular complexity index is 527. The standard InChI is InChI=1S/C15H19N3O3/c16-8-11-4-1-2-6-14(11)21-10-12(19)9-18-13-5-3-7-17-15(13)20/h1-2,4,6,12-13,18-19H,3,5,7,9-10H2,(H,17,20). The molecule has 1 aromatic carbocycles. The van der Waals surface area contributed by atoms with Gasteiger partial charge in [-0.15, -0.1) is 0 Å². The lowest BCUT2D eigenvalue weighted by molar-refractivity contribution is -0.124. The molecule has 0 aromatic heterocycles. The lowest BCUT2D eigenvalue weighted by Crippen LogP contribution is -2.50. The summed E-state index contributed by atoms with van der Waals surface area (Å²) in [6.07, 6.45) is 0.967. The van der Waals surface area contributed by atoms with Crippen LogP contribution in [0.1, 0.15) is 18.4 Å². The lowest BCUT2D eigenvalue weighted by atomic mass is 10.1. The monoisotopic (exact) mass is 289 g/mol. The largest absolute Gasteiger partial charge is 0.489 e. The van der Waals surface area contributed by atoms with Crippen LogP contribution in [0.25, 0.3) is 0 Å². The van der Waals surface area contributed by atoms with E-state index in [1.807, 2.05) is 6.07 Å². The van der Waals surface area contributed by atoms with Crippen molar-refractivity contribution >= 4 is 5.91 Å². The average Bonchev–Trinajstić information content (AvgIpc) is 2.52. The van der Waals surface area contributed by atoms with Crippen LogP contribution >= 0.6 is 0 Å². The predicted molar refractivity (Wildman–Crippen MR) is 76.7 cm³/mol. The number of rotatable bonds is 6. The third kappa shape index (κ3) is 4.45. The van der Waals surface area contributed by atoms with Crippen molar-refractivity contribution in [3.63, 3.8) is 0 Å². The maximum Gasteiger partial charge on any atom is 0.237 e. The smallest absolute Gasteiger partial charge is 0.237 e. The topological polar surface area (TPSA) is 94.4 Å². The quantitative estimate of drug-likeness (QED) is 0.694. The fourth-order valence-corrected chi connectivity index (χ4v) is 2.17. The number of nitrogens with zero attached hydrogens (tertiary/aromatic N) is 1. The van der Waals surface area contributed by atoms with Crippen LogP contribution in [0.15, 0.2) is 24.3 Å². The number of aliphatic hydroxyl groups is 1. The molecule has 1 aliphatic rings. The molecule has 2 unspecified atom stereocenters. The Labute approximate surface area is 123 Å². The summed E-state index contributed by atoms with van der Waals surface area (Å²) in [5.41, 5.74) is 0.435. The van der Waals surface area contributed by atoms with Crippen molar-refractivity contribution < 1.29 is 14.6 Å². The molecule has 1 saturated heterocycles. The zero-order chi connectivity index (χ0) is 15.1. The first kappa shape index (κ1) is 15.3. The zero-order valence-electron chi connectivity index (χ0n) is 11.7. The highest BCUT2D eigenvalue weighted by atomic mass is 16.5. The summed E-state index contributed by atoms with van der Waals surface area (Å²) in [5, 5.41) is 24.6. The van der Waals surface area contributed by atoms with Gasteiger partial charge in [0.05, 0.1) is 11.6 Å². The van der Waals surface area contributed by atoms with E-state index in [4.69, 9.17) is 10.00 Å². The molecule has 1 aliphatic heterocycles. The highest BCUT2D eigenvalue weighted by Crippen LogP contribution is 2.16. The number of amides is 1. The Balaban J connectivity index is 1.76. The Morgan fingerprint density at radius 1 is 1.52 bits per heavy atom. The molecule has 1 aromatic rings. The normalized spacial score (nSPS) is 19.4. The average molecular weight is 289 g/mol. The number of ether oxygens (including phenoxy) is 1. The molecule has 0 bridgehead atoms. The van der Waals surface area contributed by atoms with E-state index >= 15 is 0 Å². The molecule has 0 aliphatic carbocycles. The first-order valence-corrected chi connectivity index (χ1v) is 7.02. The van der Waals surface area contributed by atoms with Crippen LogP contribution < -0.4 is 15.4 Å². The Kier molecular flexibility index (Phi) is 5.55. The Hall–Kier alpha value is -2.10. The molecular formula is C15H19N3O3. The highest BCUT2D eigenvalue weighted by Gasteiger charge is 2.22. The van der Waals surface area contributed by atoms with E-state index in [0.29, 0.717) is 17.9 Å². The first-order chi connectivity index (χ1) is 10.2. The third-order valence-electron chi connectivity index (χ3n) is 3.32. The van der Waals surface area contributed by atoms with Gasteiger partial charge < -0.3 is 20.5 Å². The molecule has 21 heavy (non-hydrogen) atoms. The number of carbonyl (C=O) groups excluding carboxylic acids is 1. The van der Waals surface area contributed by atoms with Crippen molar-refractivity contribution in [2.24, 2.45) is 0 Å². The van der Waals surface area contributed by atoms with Gasteiger partial charge in [-0.2, -0.15) is 5.26 Å². The molecule has 2 atom stereocenters. The van der Waals surface area contributed by atoms with Gasteiger partial charge in [0, 0.05) is 13.1 Å². The van der Waals surface area contributed by atoms with Crippen molar-refractivity contribution in [3.8, 4) is 11.8 Å². The van der Waals surface area contributed by atoms with Gasteiger partial charge in [-0.1, -0.05) is 12.1 Å². The first-order valence-electron chi connectivity index (χ1n) is 7.02. The lowest BCUT2D eigenvalue weighted by Gasteiger charge is -2.24. The maximum atomic E-state index is 11.5. The molecule has 3 N–H and O–H groups in total. The molecule has 1 fully saturated rings. The number of carbonyl (C=O) groups is 1. The fourth-order valence-electron chi connectivity index (χ4n) is 2.17. The molecular weight excluding hydrogens is 270 g/mol. The molecule has 0 spiro atoms. The third-order valence-corrected chi connectivity index (χ3v) is 3.32. The van der Waals surface area contributed by atoms with Crippen LogP contribution in [-0.4, -0.2) is 42.9 Å². The molecule has 1 heterocycles. The molecule has 2 rings (SSSR count). The summed E-state index contributed by atoms with van der Waals surface area (Å²) in [6, 6.07) is 8.66. The van der Waals surface area contributed by atoms with E-state index in [0.717, 1.165) is 12.8 Å². The second-order valence-electron chi connectivity index (χ2n) is 4.97. The van der Waals surface area contributed by atoms with E-state index < -0.39 is 6.10 Å². The minimum atomic E-state index is -0.744. The van der Waals surface area contributed by atoms with E-state index in [1.54, 1.807) is 24.3 Å². The minimum Gasteiger partial charge on any atom is -0.489 e. The van der Waals surface area contributed by atoms with Crippen molar-refractivity contribution in [3.05, 3.63) is 29.8 Å². The number of para-hydroxylation sites is 1. The molecule has 0 radical (unpaired) electrons. The predicted octanol–water partition coefficient (Wildman–Crippen LogP) is 0.166. The number of nitrogens with one attached hydrogen (secondary N) is 2. The summed E-state index contributed by atoms with van der Waals surface area (Å²) < 4.78 is 5.44. The van der Waals surface area contributed by atoms with E-state index in [9.17, 15) is 9.90 Å². The number of benzene rings is 1. The van der Waals surface area contributed by atoms with Gasteiger partial charge in [-0.3, -0.25) is 4.79 Å². The van der Waals surface area contributed by atoms with Gasteiger partial charge >= 0.3 is 0 Å². The molecule has 0 saturated carbocycles. The minimum absolute atomic E-state index is 0.0239. The van der Waals surface area contributed by atoms with Gasteiger partial charge in [-0.05, 0) is 25.0 Å². The van der Waals surface area contributed by atoms with Gasteiger partial charge in [0.1, 0.15) is 24.5 Å². The number of hydrogen-bond acceptors (Lipinski definition) is 5. The van der Waals surface area contributed by atoms with E-state index in [-0.39, 0.29) is 25.1 Å². The van der Waals surface area contributed by atoms with Crippen LogP contribution in [0.3, 0.4) is 0 Å². The number of piperidine rings is 1. The summed E-state index contributed by atoms with van der Waals surface area (Å²) in [6.45, 7) is 1.06. The van der Waals surface area contributed by atoms with Crippen LogP contribution in [0, 0.1) is 11.3 Å². The molecule has 6 nitrogen and oxygen atoms in total. The second-order valence-corrected chi connectivity index (χ2v) is 4.97. The molecule has 112 valence electrons. The van der Waals surface area contributed by atoms with Crippen LogP contribution in [0.5, 0.6) is 5.75 Å². The fraction of sp³-hybridized carbons (Fsp3) is 0.467. The van der Waals surface area contributed by atoms with E-state index in [2.05, 4.69) is 10.6 Å². The van der Waals surface area contributed by atoms with Crippen molar-refractivity contribution in [1.82, 2.24) is 10.6 Å².